The maximum absolute atomic E-state index is 11.9. The third-order valence-corrected chi connectivity index (χ3v) is 4.21. The summed E-state index contributed by atoms with van der Waals surface area (Å²) in [5.41, 5.74) is 6.04. The van der Waals surface area contributed by atoms with Gasteiger partial charge in [0.2, 0.25) is 11.8 Å². The molecule has 0 aliphatic heterocycles. The summed E-state index contributed by atoms with van der Waals surface area (Å²) in [6.07, 6.45) is 1.54. The molecule has 3 amide bonds. The van der Waals surface area contributed by atoms with E-state index in [4.69, 9.17) is 4.42 Å². The highest BCUT2D eigenvalue weighted by Crippen LogP contribution is 2.17. The van der Waals surface area contributed by atoms with Gasteiger partial charge < -0.3 is 4.42 Å². The number of anilines is 1. The van der Waals surface area contributed by atoms with Crippen LogP contribution in [-0.4, -0.2) is 22.7 Å². The molecule has 0 spiro atoms. The van der Waals surface area contributed by atoms with Crippen LogP contribution in [0.1, 0.15) is 21.8 Å². The van der Waals surface area contributed by atoms with Gasteiger partial charge in [0.25, 0.3) is 5.91 Å². The molecule has 8 nitrogen and oxygen atoms in total. The highest BCUT2D eigenvalue weighted by atomic mass is 32.1. The number of hydrogen-bond acceptors (Lipinski definition) is 6. The van der Waals surface area contributed by atoms with E-state index >= 15 is 0 Å². The Balaban J connectivity index is 1.43. The Hall–Kier alpha value is -3.46. The average molecular weight is 384 g/mol. The first kappa shape index (κ1) is 18.3. The van der Waals surface area contributed by atoms with Crippen LogP contribution >= 0.6 is 11.3 Å². The molecule has 2 heterocycles. The number of amides is 3. The smallest absolute Gasteiger partial charge is 0.293 e. The molecule has 138 valence electrons. The number of hydrogen-bond donors (Lipinski definition) is 3. The van der Waals surface area contributed by atoms with Gasteiger partial charge in [-0.3, -0.25) is 30.6 Å². The Morgan fingerprint density at radius 2 is 1.70 bits per heavy atom. The fourth-order valence-electron chi connectivity index (χ4n) is 2.19. The van der Waals surface area contributed by atoms with Gasteiger partial charge in [0.1, 0.15) is 0 Å². The van der Waals surface area contributed by atoms with Crippen molar-refractivity contribution >= 4 is 34.2 Å². The molecule has 0 radical (unpaired) electrons. The molecule has 0 saturated heterocycles. The van der Waals surface area contributed by atoms with Crippen molar-refractivity contribution in [3.8, 4) is 0 Å². The second-order valence-electron chi connectivity index (χ2n) is 5.51. The second kappa shape index (κ2) is 8.77. The van der Waals surface area contributed by atoms with Crippen molar-refractivity contribution in [2.24, 2.45) is 0 Å². The molecule has 27 heavy (non-hydrogen) atoms. The highest BCUT2D eigenvalue weighted by Gasteiger charge is 2.13. The predicted molar refractivity (Wildman–Crippen MR) is 98.9 cm³/mol. The monoisotopic (exact) mass is 384 g/mol. The third kappa shape index (κ3) is 5.51. The van der Waals surface area contributed by atoms with Crippen molar-refractivity contribution in [3.63, 3.8) is 0 Å². The first-order valence-electron chi connectivity index (χ1n) is 8.01. The highest BCUT2D eigenvalue weighted by molar-refractivity contribution is 7.14. The molecule has 1 aromatic carbocycles. The van der Waals surface area contributed by atoms with Gasteiger partial charge >= 0.3 is 0 Å². The molecule has 0 aliphatic carbocycles. The summed E-state index contributed by atoms with van der Waals surface area (Å²) in [6.45, 7) is 0. The average Bonchev–Trinajstić information content (AvgIpc) is 3.33. The minimum Gasteiger partial charge on any atom is -0.459 e. The molecule has 2 aromatic heterocycles. The molecule has 3 rings (SSSR count). The molecule has 0 aliphatic rings. The van der Waals surface area contributed by atoms with Crippen LogP contribution in [0.15, 0.2) is 58.5 Å². The quantitative estimate of drug-likeness (QED) is 0.562. The number of aromatic nitrogens is 1. The fraction of sp³-hybridized carbons (Fsp3) is 0.111. The van der Waals surface area contributed by atoms with Crippen molar-refractivity contribution in [1.29, 1.82) is 0 Å². The first-order valence-corrected chi connectivity index (χ1v) is 8.89. The summed E-state index contributed by atoms with van der Waals surface area (Å²) in [7, 11) is 0. The van der Waals surface area contributed by atoms with Gasteiger partial charge in [0.15, 0.2) is 10.9 Å². The van der Waals surface area contributed by atoms with E-state index in [0.29, 0.717) is 10.8 Å². The Bertz CT molecular complexity index is 922. The number of thiazole rings is 1. The normalized spacial score (nSPS) is 10.2. The van der Waals surface area contributed by atoms with Crippen molar-refractivity contribution in [2.45, 2.75) is 12.8 Å². The second-order valence-corrected chi connectivity index (χ2v) is 6.37. The number of carbonyl (C=O) groups excluding carboxylic acids is 3. The molecule has 0 atom stereocenters. The molecule has 3 N–H and O–H groups in total. The number of hydrazine groups is 1. The number of carbonyl (C=O) groups is 3. The standard InChI is InChI=1S/C18H16N4O4S/c23-15(9-12-5-2-1-3-6-12)21-22-16(24)10-13-11-27-18(19-13)20-17(25)14-7-4-8-26-14/h1-8,11H,9-10H2,(H,21,23)(H,22,24)(H,19,20,25). The Morgan fingerprint density at radius 3 is 2.41 bits per heavy atom. The van der Waals surface area contributed by atoms with Crippen LogP contribution in [0.5, 0.6) is 0 Å². The van der Waals surface area contributed by atoms with Crippen LogP contribution in [-0.2, 0) is 22.4 Å². The Kier molecular flexibility index (Phi) is 5.95. The van der Waals surface area contributed by atoms with Crippen LogP contribution in [0.3, 0.4) is 0 Å². The fourth-order valence-corrected chi connectivity index (χ4v) is 2.89. The summed E-state index contributed by atoms with van der Waals surface area (Å²) in [4.78, 5) is 39.8. The molecular formula is C18H16N4O4S. The summed E-state index contributed by atoms with van der Waals surface area (Å²) in [5, 5.41) is 4.60. The van der Waals surface area contributed by atoms with Crippen molar-refractivity contribution in [3.05, 3.63) is 71.1 Å². The summed E-state index contributed by atoms with van der Waals surface area (Å²) < 4.78 is 5.00. The zero-order chi connectivity index (χ0) is 19.1. The Labute approximate surface area is 158 Å². The van der Waals surface area contributed by atoms with Gasteiger partial charge in [-0.1, -0.05) is 30.3 Å². The lowest BCUT2D eigenvalue weighted by Crippen LogP contribution is -2.43. The maximum Gasteiger partial charge on any atom is 0.293 e. The van der Waals surface area contributed by atoms with Crippen LogP contribution < -0.4 is 16.2 Å². The Morgan fingerprint density at radius 1 is 0.963 bits per heavy atom. The topological polar surface area (TPSA) is 113 Å². The van der Waals surface area contributed by atoms with Gasteiger partial charge in [-0.15, -0.1) is 11.3 Å². The maximum atomic E-state index is 11.9. The number of furan rings is 1. The van der Waals surface area contributed by atoms with Crippen LogP contribution in [0.25, 0.3) is 0 Å². The van der Waals surface area contributed by atoms with Gasteiger partial charge in [-0.25, -0.2) is 4.98 Å². The predicted octanol–water partition coefficient (Wildman–Crippen LogP) is 1.92. The van der Waals surface area contributed by atoms with Gasteiger partial charge in [-0.2, -0.15) is 0 Å². The number of nitrogens with one attached hydrogen (secondary N) is 3. The van der Waals surface area contributed by atoms with E-state index in [-0.39, 0.29) is 24.5 Å². The van der Waals surface area contributed by atoms with E-state index in [1.54, 1.807) is 11.4 Å². The number of benzene rings is 1. The largest absolute Gasteiger partial charge is 0.459 e. The van der Waals surface area contributed by atoms with Crippen molar-refractivity contribution in [1.82, 2.24) is 15.8 Å². The van der Waals surface area contributed by atoms with Crippen LogP contribution in [0.2, 0.25) is 0 Å². The number of rotatable bonds is 6. The molecular weight excluding hydrogens is 368 g/mol. The van der Waals surface area contributed by atoms with E-state index < -0.39 is 11.8 Å². The summed E-state index contributed by atoms with van der Waals surface area (Å²) in [5.74, 6) is -0.978. The number of nitrogens with zero attached hydrogens (tertiary/aromatic N) is 1. The van der Waals surface area contributed by atoms with Crippen molar-refractivity contribution in [2.75, 3.05) is 5.32 Å². The van der Waals surface area contributed by atoms with E-state index in [2.05, 4.69) is 21.2 Å². The zero-order valence-corrected chi connectivity index (χ0v) is 14.9. The molecule has 0 fully saturated rings. The van der Waals surface area contributed by atoms with Gasteiger partial charge in [0, 0.05) is 5.38 Å². The SMILES string of the molecule is O=C(Cc1ccccc1)NNC(=O)Cc1csc(NC(=O)c2ccco2)n1. The van der Waals surface area contributed by atoms with Crippen molar-refractivity contribution < 1.29 is 18.8 Å². The summed E-state index contributed by atoms with van der Waals surface area (Å²) >= 11 is 1.19. The lowest BCUT2D eigenvalue weighted by Gasteiger charge is -2.06. The molecule has 0 bridgehead atoms. The first-order chi connectivity index (χ1) is 13.1. The van der Waals surface area contributed by atoms with Gasteiger partial charge in [-0.05, 0) is 17.7 Å². The molecule has 9 heteroatoms. The van der Waals surface area contributed by atoms with E-state index in [9.17, 15) is 14.4 Å². The third-order valence-electron chi connectivity index (χ3n) is 3.41. The van der Waals surface area contributed by atoms with Crippen LogP contribution in [0.4, 0.5) is 5.13 Å². The van der Waals surface area contributed by atoms with Crippen LogP contribution in [0, 0.1) is 0 Å². The minimum absolute atomic E-state index is 0.0290. The molecule has 3 aromatic rings. The van der Waals surface area contributed by atoms with E-state index in [0.717, 1.165) is 5.56 Å². The van der Waals surface area contributed by atoms with E-state index in [1.807, 2.05) is 30.3 Å². The summed E-state index contributed by atoms with van der Waals surface area (Å²) in [6, 6.07) is 12.3. The molecule has 0 unspecified atom stereocenters. The minimum atomic E-state index is -0.418. The van der Waals surface area contributed by atoms with E-state index in [1.165, 1.54) is 23.7 Å². The van der Waals surface area contributed by atoms with Gasteiger partial charge in [0.05, 0.1) is 24.8 Å². The lowest BCUT2D eigenvalue weighted by atomic mass is 10.1. The molecule has 0 saturated carbocycles. The zero-order valence-electron chi connectivity index (χ0n) is 14.1. The lowest BCUT2D eigenvalue weighted by molar-refractivity contribution is -0.128.